The van der Waals surface area contributed by atoms with Crippen LogP contribution in [0.3, 0.4) is 0 Å². The zero-order valence-corrected chi connectivity index (χ0v) is 18.3. The maximum atomic E-state index is 12.6. The van der Waals surface area contributed by atoms with E-state index in [9.17, 15) is 13.2 Å². The number of rotatable bonds is 10. The number of ether oxygens (including phenoxy) is 2. The van der Waals surface area contributed by atoms with Gasteiger partial charge in [-0.1, -0.05) is 6.07 Å². The van der Waals surface area contributed by atoms with Gasteiger partial charge in [0.25, 0.3) is 5.91 Å². The molecule has 0 spiro atoms. The van der Waals surface area contributed by atoms with Gasteiger partial charge in [0.1, 0.15) is 0 Å². The van der Waals surface area contributed by atoms with Crippen LogP contribution < -0.4 is 19.5 Å². The molecule has 1 saturated carbocycles. The first-order valence-corrected chi connectivity index (χ1v) is 11.6. The summed E-state index contributed by atoms with van der Waals surface area (Å²) in [5.74, 6) is 1.02. The molecule has 0 bridgehead atoms. The molecule has 8 heteroatoms. The normalized spacial score (nSPS) is 14.8. The largest absolute Gasteiger partial charge is 0.490 e. The van der Waals surface area contributed by atoms with E-state index in [0.29, 0.717) is 30.3 Å². The van der Waals surface area contributed by atoms with Crippen LogP contribution in [-0.4, -0.2) is 33.6 Å². The third-order valence-corrected chi connectivity index (χ3v) is 6.28. The molecule has 3 rings (SSSR count). The van der Waals surface area contributed by atoms with Gasteiger partial charge in [0.2, 0.25) is 10.0 Å². The maximum Gasteiger partial charge on any atom is 0.251 e. The van der Waals surface area contributed by atoms with Crippen molar-refractivity contribution < 1.29 is 22.7 Å². The molecular weight excluding hydrogens is 404 g/mol. The van der Waals surface area contributed by atoms with Gasteiger partial charge in [-0.25, -0.2) is 13.1 Å². The van der Waals surface area contributed by atoms with Crippen LogP contribution >= 0.6 is 0 Å². The molecule has 1 aliphatic carbocycles. The van der Waals surface area contributed by atoms with Crippen LogP contribution in [0, 0.1) is 0 Å². The Morgan fingerprint density at radius 2 is 1.67 bits per heavy atom. The highest BCUT2D eigenvalue weighted by atomic mass is 32.2. The van der Waals surface area contributed by atoms with E-state index in [1.54, 1.807) is 0 Å². The van der Waals surface area contributed by atoms with E-state index >= 15 is 0 Å². The van der Waals surface area contributed by atoms with E-state index in [1.807, 2.05) is 39.0 Å². The summed E-state index contributed by atoms with van der Waals surface area (Å²) < 4.78 is 38.4. The summed E-state index contributed by atoms with van der Waals surface area (Å²) in [5.41, 5.74) is 1.27. The molecule has 0 aliphatic heterocycles. The Labute approximate surface area is 177 Å². The van der Waals surface area contributed by atoms with Crippen molar-refractivity contribution in [3.05, 3.63) is 53.6 Å². The molecule has 1 aliphatic rings. The van der Waals surface area contributed by atoms with Crippen LogP contribution in [0.2, 0.25) is 0 Å². The summed E-state index contributed by atoms with van der Waals surface area (Å²) in [7, 11) is -3.53. The minimum atomic E-state index is -3.53. The highest BCUT2D eigenvalue weighted by molar-refractivity contribution is 7.89. The number of amides is 1. The van der Waals surface area contributed by atoms with Crippen LogP contribution in [0.25, 0.3) is 0 Å². The van der Waals surface area contributed by atoms with Crippen molar-refractivity contribution in [1.29, 1.82) is 0 Å². The van der Waals surface area contributed by atoms with Crippen molar-refractivity contribution >= 4 is 15.9 Å². The van der Waals surface area contributed by atoms with Gasteiger partial charge < -0.3 is 14.8 Å². The molecule has 2 aromatic rings. The third-order valence-electron chi connectivity index (χ3n) is 4.74. The first-order valence-electron chi connectivity index (χ1n) is 10.2. The van der Waals surface area contributed by atoms with E-state index in [1.165, 1.54) is 24.3 Å². The lowest BCUT2D eigenvalue weighted by atomic mass is 10.1. The maximum absolute atomic E-state index is 12.6. The minimum Gasteiger partial charge on any atom is -0.490 e. The van der Waals surface area contributed by atoms with Crippen molar-refractivity contribution in [2.45, 2.75) is 50.6 Å². The lowest BCUT2D eigenvalue weighted by Gasteiger charge is -2.17. The van der Waals surface area contributed by atoms with Gasteiger partial charge in [0, 0.05) is 11.6 Å². The Bertz CT molecular complexity index is 985. The van der Waals surface area contributed by atoms with Crippen molar-refractivity contribution in [2.24, 2.45) is 0 Å². The van der Waals surface area contributed by atoms with E-state index in [2.05, 4.69) is 10.0 Å². The van der Waals surface area contributed by atoms with Crippen molar-refractivity contribution in [3.8, 4) is 11.5 Å². The lowest BCUT2D eigenvalue weighted by Crippen LogP contribution is -2.27. The third kappa shape index (κ3) is 5.52. The smallest absolute Gasteiger partial charge is 0.251 e. The zero-order valence-electron chi connectivity index (χ0n) is 17.5. The Balaban J connectivity index is 1.68. The minimum absolute atomic E-state index is 0.0366. The number of benzene rings is 2. The SMILES string of the molecule is CCOc1ccc([C@H](C)NC(=O)c2ccc(S(=O)(=O)NC3CC3)cc2)cc1OCC. The van der Waals surface area contributed by atoms with E-state index in [-0.39, 0.29) is 22.9 Å². The molecule has 0 unspecified atom stereocenters. The monoisotopic (exact) mass is 432 g/mol. The first-order chi connectivity index (χ1) is 14.3. The quantitative estimate of drug-likeness (QED) is 0.600. The van der Waals surface area contributed by atoms with Crippen molar-refractivity contribution in [2.75, 3.05) is 13.2 Å². The number of carbonyl (C=O) groups excluding carboxylic acids is 1. The molecule has 2 N–H and O–H groups in total. The molecule has 7 nitrogen and oxygen atoms in total. The molecule has 0 saturated heterocycles. The topological polar surface area (TPSA) is 93.7 Å². The standard InChI is InChI=1S/C22H28N2O5S/c1-4-28-20-13-8-17(14-21(20)29-5-2)15(3)23-22(25)16-6-11-19(12-7-16)30(26,27)24-18-9-10-18/h6-8,11-15,18,24H,4-5,9-10H2,1-3H3,(H,23,25)/t15-/m0/s1. The van der Waals surface area contributed by atoms with Gasteiger partial charge in [-0.3, -0.25) is 4.79 Å². The second kappa shape index (κ2) is 9.49. The fraction of sp³-hybridized carbons (Fsp3) is 0.409. The van der Waals surface area contributed by atoms with Crippen molar-refractivity contribution in [3.63, 3.8) is 0 Å². The molecule has 0 radical (unpaired) electrons. The van der Waals surface area contributed by atoms with Gasteiger partial charge in [-0.2, -0.15) is 0 Å². The predicted octanol–water partition coefficient (Wildman–Crippen LogP) is 3.42. The average Bonchev–Trinajstić information content (AvgIpc) is 3.53. The average molecular weight is 433 g/mol. The lowest BCUT2D eigenvalue weighted by molar-refractivity contribution is 0.0939. The summed E-state index contributed by atoms with van der Waals surface area (Å²) in [6, 6.07) is 11.3. The van der Waals surface area contributed by atoms with Crippen LogP contribution in [0.1, 0.15) is 55.6 Å². The van der Waals surface area contributed by atoms with Gasteiger partial charge in [0.05, 0.1) is 24.2 Å². The molecule has 0 heterocycles. The summed E-state index contributed by atoms with van der Waals surface area (Å²) in [5, 5.41) is 2.93. The number of nitrogens with one attached hydrogen (secondary N) is 2. The number of hydrogen-bond acceptors (Lipinski definition) is 5. The molecule has 162 valence electrons. The molecule has 30 heavy (non-hydrogen) atoms. The van der Waals surface area contributed by atoms with Crippen molar-refractivity contribution in [1.82, 2.24) is 10.0 Å². The zero-order chi connectivity index (χ0) is 21.7. The molecule has 1 fully saturated rings. The molecule has 1 atom stereocenters. The van der Waals surface area contributed by atoms with Gasteiger partial charge in [-0.15, -0.1) is 0 Å². The highest BCUT2D eigenvalue weighted by Crippen LogP contribution is 2.31. The summed E-state index contributed by atoms with van der Waals surface area (Å²) in [6.45, 7) is 6.73. The first kappa shape index (κ1) is 22.1. The van der Waals surface area contributed by atoms with E-state index in [0.717, 1.165) is 18.4 Å². The summed E-state index contributed by atoms with van der Waals surface area (Å²) in [6.07, 6.45) is 1.74. The Morgan fingerprint density at radius 3 is 2.27 bits per heavy atom. The summed E-state index contributed by atoms with van der Waals surface area (Å²) >= 11 is 0. The Morgan fingerprint density at radius 1 is 1.03 bits per heavy atom. The van der Waals surface area contributed by atoms with Crippen LogP contribution in [0.5, 0.6) is 11.5 Å². The van der Waals surface area contributed by atoms with Crippen LogP contribution in [-0.2, 0) is 10.0 Å². The summed E-state index contributed by atoms with van der Waals surface area (Å²) in [4.78, 5) is 12.8. The second-order valence-electron chi connectivity index (χ2n) is 7.19. The fourth-order valence-electron chi connectivity index (χ4n) is 2.97. The van der Waals surface area contributed by atoms with Gasteiger partial charge in [-0.05, 0) is 75.6 Å². The van der Waals surface area contributed by atoms with Gasteiger partial charge >= 0.3 is 0 Å². The Kier molecular flexibility index (Phi) is 6.99. The highest BCUT2D eigenvalue weighted by Gasteiger charge is 2.28. The Hall–Kier alpha value is -2.58. The molecule has 2 aromatic carbocycles. The number of hydrogen-bond donors (Lipinski definition) is 2. The molecule has 1 amide bonds. The fourth-order valence-corrected chi connectivity index (χ4v) is 4.28. The van der Waals surface area contributed by atoms with Crippen LogP contribution in [0.4, 0.5) is 0 Å². The predicted molar refractivity (Wildman–Crippen MR) is 114 cm³/mol. The number of carbonyl (C=O) groups is 1. The molecule has 0 aromatic heterocycles. The van der Waals surface area contributed by atoms with Crippen LogP contribution in [0.15, 0.2) is 47.4 Å². The van der Waals surface area contributed by atoms with E-state index in [4.69, 9.17) is 9.47 Å². The van der Waals surface area contributed by atoms with E-state index < -0.39 is 10.0 Å². The second-order valence-corrected chi connectivity index (χ2v) is 8.90. The molecular formula is C22H28N2O5S. The number of sulfonamides is 1. The van der Waals surface area contributed by atoms with Gasteiger partial charge in [0.15, 0.2) is 11.5 Å².